The first-order valence-electron chi connectivity index (χ1n) is 15.6. The normalized spacial score (nSPS) is 17.3. The van der Waals surface area contributed by atoms with Crippen molar-refractivity contribution in [3.05, 3.63) is 76.1 Å². The second-order valence-corrected chi connectivity index (χ2v) is 11.6. The van der Waals surface area contributed by atoms with Gasteiger partial charge in [-0.15, -0.1) is 0 Å². The number of piperidine rings is 2. The quantitative estimate of drug-likeness (QED) is 0.248. The Morgan fingerprint density at radius 1 is 1.14 bits per heavy atom. The summed E-state index contributed by atoms with van der Waals surface area (Å²) >= 11 is 0. The van der Waals surface area contributed by atoms with Crippen LogP contribution in [0.15, 0.2) is 58.1 Å². The van der Waals surface area contributed by atoms with Gasteiger partial charge in [0, 0.05) is 67.6 Å². The van der Waals surface area contributed by atoms with Gasteiger partial charge in [-0.3, -0.25) is 9.36 Å². The van der Waals surface area contributed by atoms with E-state index in [1.165, 1.54) is 18.5 Å². The zero-order chi connectivity index (χ0) is 30.3. The van der Waals surface area contributed by atoms with Crippen molar-refractivity contribution in [3.63, 3.8) is 0 Å². The molecule has 4 aromatic rings. The first-order valence-corrected chi connectivity index (χ1v) is 15.6. The van der Waals surface area contributed by atoms with E-state index in [0.29, 0.717) is 42.8 Å². The third kappa shape index (κ3) is 6.97. The van der Waals surface area contributed by atoms with Gasteiger partial charge in [0.25, 0.3) is 5.56 Å². The number of anilines is 3. The summed E-state index contributed by atoms with van der Waals surface area (Å²) in [4.78, 5) is 25.7. The summed E-state index contributed by atoms with van der Waals surface area (Å²) in [6.07, 6.45) is 8.39. The molecule has 2 aliphatic rings. The highest BCUT2D eigenvalue weighted by Crippen LogP contribution is 2.24. The highest BCUT2D eigenvalue weighted by molar-refractivity contribution is 5.77. The van der Waals surface area contributed by atoms with Crippen molar-refractivity contribution in [2.45, 2.75) is 44.7 Å². The fourth-order valence-electron chi connectivity index (χ4n) is 5.98. The van der Waals surface area contributed by atoms with Gasteiger partial charge in [0.15, 0.2) is 0 Å². The van der Waals surface area contributed by atoms with Crippen molar-refractivity contribution in [1.29, 1.82) is 0 Å². The number of methoxy groups -OCH3 is 1. The third-order valence-electron chi connectivity index (χ3n) is 8.63. The van der Waals surface area contributed by atoms with E-state index in [2.05, 4.69) is 56.9 Å². The standard InChI is InChI=1S/C34H41N7O3/c1-40(30-4-3-15-36-22-30)29-9-7-28(8-10-29)38-34-37-21-27-20-25(6-5-24-11-16-35-17-12-24)33(42)41(32(27)39-34)23-26-13-19-44-31(26)14-18-43-2/h7-10,13,19-21,24,30,35-36H,3-4,11-12,14-18,22-23H2,1-2H3,(H,37,38,39). The number of likely N-dealkylation sites (N-methyl/N-ethyl adjacent to an activating group) is 1. The molecular formula is C34H41N7O3. The summed E-state index contributed by atoms with van der Waals surface area (Å²) in [5.74, 6) is 8.04. The van der Waals surface area contributed by atoms with Crippen molar-refractivity contribution in [3.8, 4) is 11.8 Å². The maximum Gasteiger partial charge on any atom is 0.268 e. The molecule has 0 spiro atoms. The topological polar surface area (TPSA) is 109 Å². The van der Waals surface area contributed by atoms with E-state index in [1.54, 1.807) is 24.1 Å². The van der Waals surface area contributed by atoms with Gasteiger partial charge in [-0.1, -0.05) is 11.8 Å². The van der Waals surface area contributed by atoms with Crippen LogP contribution in [0.25, 0.3) is 11.0 Å². The van der Waals surface area contributed by atoms with Crippen molar-refractivity contribution < 1.29 is 9.15 Å². The SMILES string of the molecule is COCCc1occc1Cn1c(=O)c(C#CC2CCNCC2)cc2cnc(Nc3ccc(N(C)C4CCCNC4)cc3)nc21. The lowest BCUT2D eigenvalue weighted by atomic mass is 9.98. The molecule has 230 valence electrons. The van der Waals surface area contributed by atoms with Crippen LogP contribution in [0.3, 0.4) is 0 Å². The monoisotopic (exact) mass is 595 g/mol. The molecule has 0 bridgehead atoms. The molecule has 1 unspecified atom stereocenters. The average Bonchev–Trinajstić information content (AvgIpc) is 3.52. The molecule has 5 heterocycles. The Kier molecular flexibility index (Phi) is 9.56. The smallest absolute Gasteiger partial charge is 0.268 e. The molecule has 0 aliphatic carbocycles. The molecule has 2 fully saturated rings. The molecule has 0 saturated carbocycles. The van der Waals surface area contributed by atoms with Crippen LogP contribution in [0.5, 0.6) is 0 Å². The molecule has 44 heavy (non-hydrogen) atoms. The minimum absolute atomic E-state index is 0.174. The lowest BCUT2D eigenvalue weighted by molar-refractivity contribution is 0.196. The number of benzene rings is 1. The Morgan fingerprint density at radius 3 is 2.75 bits per heavy atom. The molecule has 0 amide bonds. The van der Waals surface area contributed by atoms with E-state index in [4.69, 9.17) is 14.1 Å². The van der Waals surface area contributed by atoms with Gasteiger partial charge < -0.3 is 30.0 Å². The summed E-state index contributed by atoms with van der Waals surface area (Å²) in [5.41, 5.74) is 3.77. The van der Waals surface area contributed by atoms with Crippen molar-refractivity contribution in [2.75, 3.05) is 57.2 Å². The van der Waals surface area contributed by atoms with Gasteiger partial charge in [0.1, 0.15) is 11.4 Å². The Morgan fingerprint density at radius 2 is 1.98 bits per heavy atom. The van der Waals surface area contributed by atoms with Crippen LogP contribution in [0.1, 0.15) is 42.6 Å². The number of rotatable bonds is 9. The fraction of sp³-hybridized carbons (Fsp3) is 0.441. The van der Waals surface area contributed by atoms with Gasteiger partial charge in [-0.25, -0.2) is 4.98 Å². The molecule has 1 atom stereocenters. The van der Waals surface area contributed by atoms with Gasteiger partial charge in [-0.05, 0) is 81.7 Å². The minimum Gasteiger partial charge on any atom is -0.469 e. The van der Waals surface area contributed by atoms with E-state index < -0.39 is 0 Å². The van der Waals surface area contributed by atoms with Crippen LogP contribution in [-0.2, 0) is 17.7 Å². The van der Waals surface area contributed by atoms with Crippen molar-refractivity contribution in [1.82, 2.24) is 25.2 Å². The lowest BCUT2D eigenvalue weighted by Crippen LogP contribution is -2.44. The van der Waals surface area contributed by atoms with Crippen LogP contribution >= 0.6 is 0 Å². The van der Waals surface area contributed by atoms with Gasteiger partial charge in [0.05, 0.1) is 25.0 Å². The van der Waals surface area contributed by atoms with Crippen molar-refractivity contribution in [2.24, 2.45) is 5.92 Å². The number of hydrogen-bond donors (Lipinski definition) is 3. The Hall–Kier alpha value is -4.17. The zero-order valence-electron chi connectivity index (χ0n) is 25.6. The molecule has 10 nitrogen and oxygen atoms in total. The molecule has 0 radical (unpaired) electrons. The molecule has 2 saturated heterocycles. The first kappa shape index (κ1) is 29.9. The lowest BCUT2D eigenvalue weighted by Gasteiger charge is -2.33. The number of furan rings is 1. The number of fused-ring (bicyclic) bond motifs is 1. The molecule has 1 aromatic carbocycles. The maximum absolute atomic E-state index is 13.9. The summed E-state index contributed by atoms with van der Waals surface area (Å²) in [6, 6.07) is 12.5. The summed E-state index contributed by atoms with van der Waals surface area (Å²) in [5, 5.41) is 10.9. The second-order valence-electron chi connectivity index (χ2n) is 11.6. The number of pyridine rings is 1. The fourth-order valence-corrected chi connectivity index (χ4v) is 5.98. The Labute approximate surface area is 258 Å². The van der Waals surface area contributed by atoms with Gasteiger partial charge in [0.2, 0.25) is 5.95 Å². The predicted molar refractivity (Wildman–Crippen MR) is 174 cm³/mol. The predicted octanol–water partition coefficient (Wildman–Crippen LogP) is 3.90. The van der Waals surface area contributed by atoms with E-state index in [0.717, 1.165) is 61.4 Å². The van der Waals surface area contributed by atoms with Crippen LogP contribution in [0.4, 0.5) is 17.3 Å². The van der Waals surface area contributed by atoms with Crippen molar-refractivity contribution >= 4 is 28.4 Å². The summed E-state index contributed by atoms with van der Waals surface area (Å²) < 4.78 is 12.7. The highest BCUT2D eigenvalue weighted by atomic mass is 16.5. The van der Waals surface area contributed by atoms with Crippen LogP contribution < -0.4 is 26.4 Å². The summed E-state index contributed by atoms with van der Waals surface area (Å²) in [6.45, 7) is 4.83. The number of nitrogens with one attached hydrogen (secondary N) is 3. The number of aromatic nitrogens is 3. The molecule has 6 rings (SSSR count). The number of nitrogens with zero attached hydrogens (tertiary/aromatic N) is 4. The minimum atomic E-state index is -0.174. The van der Waals surface area contributed by atoms with Crippen LogP contribution in [-0.4, -0.2) is 67.5 Å². The Bertz CT molecular complexity index is 1670. The largest absolute Gasteiger partial charge is 0.469 e. The van der Waals surface area contributed by atoms with Crippen LogP contribution in [0, 0.1) is 17.8 Å². The molecule has 10 heteroatoms. The molecule has 3 aromatic heterocycles. The highest BCUT2D eigenvalue weighted by Gasteiger charge is 2.19. The molecular weight excluding hydrogens is 554 g/mol. The molecule has 3 N–H and O–H groups in total. The maximum atomic E-state index is 13.9. The zero-order valence-corrected chi connectivity index (χ0v) is 25.6. The van der Waals surface area contributed by atoms with Gasteiger partial charge in [-0.2, -0.15) is 4.98 Å². The van der Waals surface area contributed by atoms with Gasteiger partial charge >= 0.3 is 0 Å². The van der Waals surface area contributed by atoms with E-state index >= 15 is 0 Å². The second kappa shape index (κ2) is 14.1. The first-order chi connectivity index (χ1) is 21.6. The number of hydrogen-bond acceptors (Lipinski definition) is 9. The van der Waals surface area contributed by atoms with Crippen LogP contribution in [0.2, 0.25) is 0 Å². The number of ether oxygens (including phenoxy) is 1. The summed E-state index contributed by atoms with van der Waals surface area (Å²) in [7, 11) is 3.81. The van der Waals surface area contributed by atoms with E-state index in [9.17, 15) is 4.79 Å². The van der Waals surface area contributed by atoms with E-state index in [1.807, 2.05) is 24.3 Å². The average molecular weight is 596 g/mol. The Balaban J connectivity index is 1.30. The molecule has 2 aliphatic heterocycles. The van der Waals surface area contributed by atoms with E-state index in [-0.39, 0.29) is 11.5 Å². The third-order valence-corrected chi connectivity index (χ3v) is 8.63.